The van der Waals surface area contributed by atoms with E-state index < -0.39 is 23.7 Å². The first kappa shape index (κ1) is 16.0. The van der Waals surface area contributed by atoms with Crippen molar-refractivity contribution in [3.8, 4) is 0 Å². The molecule has 0 aromatic heterocycles. The van der Waals surface area contributed by atoms with Crippen molar-refractivity contribution in [1.82, 2.24) is 5.32 Å². The second-order valence-electron chi connectivity index (χ2n) is 5.34. The lowest BCUT2D eigenvalue weighted by molar-refractivity contribution is -0.139. The molecule has 0 radical (unpaired) electrons. The fraction of sp³-hybridized carbons (Fsp3) is 0.467. The van der Waals surface area contributed by atoms with Gasteiger partial charge in [0, 0.05) is 0 Å². The number of alkyl carbamates (subject to hydrolysis) is 1. The molecular formula is C15H21NO4. The summed E-state index contributed by atoms with van der Waals surface area (Å²) in [5, 5.41) is 11.0. The van der Waals surface area contributed by atoms with E-state index in [1.54, 1.807) is 13.8 Å². The van der Waals surface area contributed by atoms with Gasteiger partial charge in [0.25, 0.3) is 0 Å². The van der Waals surface area contributed by atoms with Gasteiger partial charge >= 0.3 is 12.1 Å². The summed E-state index contributed by atoms with van der Waals surface area (Å²) in [4.78, 5) is 22.2. The molecule has 0 saturated heterocycles. The second kappa shape index (κ2) is 6.93. The van der Waals surface area contributed by atoms with Crippen LogP contribution in [0.15, 0.2) is 30.3 Å². The van der Waals surface area contributed by atoms with Crippen LogP contribution >= 0.6 is 0 Å². The number of aliphatic carboxylic acids is 1. The van der Waals surface area contributed by atoms with Gasteiger partial charge in [0.15, 0.2) is 0 Å². The number of aryl methyl sites for hydroxylation is 1. The van der Waals surface area contributed by atoms with Crippen molar-refractivity contribution in [1.29, 1.82) is 0 Å². The van der Waals surface area contributed by atoms with Gasteiger partial charge in [-0.05, 0) is 39.2 Å². The van der Waals surface area contributed by atoms with E-state index in [9.17, 15) is 9.59 Å². The Morgan fingerprint density at radius 1 is 1.30 bits per heavy atom. The van der Waals surface area contributed by atoms with Crippen LogP contribution < -0.4 is 5.32 Å². The molecule has 2 N–H and O–H groups in total. The molecule has 1 rings (SSSR count). The zero-order valence-electron chi connectivity index (χ0n) is 12.1. The van der Waals surface area contributed by atoms with Gasteiger partial charge < -0.3 is 15.2 Å². The number of carboxylic acids is 1. The van der Waals surface area contributed by atoms with Crippen molar-refractivity contribution in [2.75, 3.05) is 0 Å². The quantitative estimate of drug-likeness (QED) is 0.839. The Morgan fingerprint density at radius 2 is 1.90 bits per heavy atom. The Labute approximate surface area is 118 Å². The van der Waals surface area contributed by atoms with Gasteiger partial charge in [-0.15, -0.1) is 0 Å². The number of carbonyl (C=O) groups is 2. The highest BCUT2D eigenvalue weighted by Crippen LogP contribution is 2.18. The molecule has 20 heavy (non-hydrogen) atoms. The van der Waals surface area contributed by atoms with Crippen LogP contribution in [0.3, 0.4) is 0 Å². The third-order valence-corrected chi connectivity index (χ3v) is 2.93. The number of amides is 1. The molecule has 0 bridgehead atoms. The molecule has 1 amide bonds. The topological polar surface area (TPSA) is 75.6 Å². The summed E-state index contributed by atoms with van der Waals surface area (Å²) < 4.78 is 5.27. The Morgan fingerprint density at radius 3 is 2.45 bits per heavy atom. The number of rotatable bonds is 6. The summed E-state index contributed by atoms with van der Waals surface area (Å²) in [6, 6.07) is 8.94. The van der Waals surface area contributed by atoms with E-state index >= 15 is 0 Å². The maximum Gasteiger partial charge on any atom is 0.408 e. The summed E-state index contributed by atoms with van der Waals surface area (Å²) in [5.41, 5.74) is 0.515. The fourth-order valence-corrected chi connectivity index (χ4v) is 1.66. The molecule has 0 unspecified atom stereocenters. The molecule has 0 spiro atoms. The van der Waals surface area contributed by atoms with Gasteiger partial charge in [-0.1, -0.05) is 30.3 Å². The molecule has 0 saturated carbocycles. The van der Waals surface area contributed by atoms with Crippen LogP contribution in [0, 0.1) is 0 Å². The summed E-state index contributed by atoms with van der Waals surface area (Å²) >= 11 is 0. The molecular weight excluding hydrogens is 258 g/mol. The largest absolute Gasteiger partial charge is 0.480 e. The monoisotopic (exact) mass is 279 g/mol. The Hall–Kier alpha value is -2.04. The molecule has 0 aliphatic heterocycles. The number of carboxylic acid groups (broad SMARTS) is 1. The first-order valence-electron chi connectivity index (χ1n) is 6.56. The minimum absolute atomic E-state index is 0.655. The Balaban J connectivity index is 2.44. The highest BCUT2D eigenvalue weighted by Gasteiger charge is 2.24. The van der Waals surface area contributed by atoms with E-state index in [2.05, 4.69) is 5.32 Å². The highest BCUT2D eigenvalue weighted by atomic mass is 16.6. The molecule has 0 fully saturated rings. The van der Waals surface area contributed by atoms with Crippen LogP contribution in [0.5, 0.6) is 0 Å². The van der Waals surface area contributed by atoms with Crippen LogP contribution in [-0.4, -0.2) is 28.8 Å². The zero-order valence-corrected chi connectivity index (χ0v) is 12.1. The van der Waals surface area contributed by atoms with Crippen molar-refractivity contribution in [2.45, 2.75) is 45.3 Å². The van der Waals surface area contributed by atoms with E-state index in [0.717, 1.165) is 6.42 Å². The maximum atomic E-state index is 11.6. The predicted molar refractivity (Wildman–Crippen MR) is 75.6 cm³/mol. The number of hydrogen-bond acceptors (Lipinski definition) is 3. The summed E-state index contributed by atoms with van der Waals surface area (Å²) in [6.07, 6.45) is 0.736. The molecule has 1 aromatic carbocycles. The number of benzene rings is 1. The van der Waals surface area contributed by atoms with Crippen molar-refractivity contribution in [3.05, 3.63) is 35.9 Å². The molecule has 5 heteroatoms. The van der Waals surface area contributed by atoms with E-state index in [1.165, 1.54) is 12.5 Å². The molecule has 0 aliphatic rings. The Kier molecular flexibility index (Phi) is 5.55. The molecule has 1 atom stereocenters. The van der Waals surface area contributed by atoms with Crippen LogP contribution in [0.1, 0.15) is 32.8 Å². The van der Waals surface area contributed by atoms with Gasteiger partial charge in [0.2, 0.25) is 0 Å². The minimum Gasteiger partial charge on any atom is -0.480 e. The summed E-state index contributed by atoms with van der Waals surface area (Å²) in [5.74, 6) is -1.09. The van der Waals surface area contributed by atoms with Gasteiger partial charge in [-0.2, -0.15) is 0 Å². The number of carbonyl (C=O) groups excluding carboxylic acids is 1. The molecule has 1 aromatic rings. The number of hydrogen-bond donors (Lipinski definition) is 2. The maximum absolute atomic E-state index is 11.6. The summed E-state index contributed by atoms with van der Waals surface area (Å²) in [6.45, 7) is 5.00. The summed E-state index contributed by atoms with van der Waals surface area (Å²) in [7, 11) is 0. The first-order chi connectivity index (χ1) is 9.30. The van der Waals surface area contributed by atoms with E-state index in [1.807, 2.05) is 30.3 Å². The SMILES string of the molecule is C[C@H](NC(=O)OC(C)(C)CCc1ccccc1)C(=O)O. The first-order valence-corrected chi connectivity index (χ1v) is 6.56. The molecule has 110 valence electrons. The van der Waals surface area contributed by atoms with Crippen molar-refractivity contribution >= 4 is 12.1 Å². The van der Waals surface area contributed by atoms with Gasteiger partial charge in [-0.3, -0.25) is 4.79 Å². The predicted octanol–water partition coefficient (Wildman–Crippen LogP) is 2.60. The average Bonchev–Trinajstić information content (AvgIpc) is 2.37. The standard InChI is InChI=1S/C15H21NO4/c1-11(13(17)18)16-14(19)20-15(2,3)10-9-12-7-5-4-6-8-12/h4-8,11H,9-10H2,1-3H3,(H,16,19)(H,17,18)/t11-/m0/s1. The van der Waals surface area contributed by atoms with E-state index in [-0.39, 0.29) is 0 Å². The third kappa shape index (κ3) is 5.73. The van der Waals surface area contributed by atoms with Crippen molar-refractivity contribution in [2.24, 2.45) is 0 Å². The fourth-order valence-electron chi connectivity index (χ4n) is 1.66. The van der Waals surface area contributed by atoms with Gasteiger partial charge in [0.1, 0.15) is 11.6 Å². The van der Waals surface area contributed by atoms with E-state index in [4.69, 9.17) is 9.84 Å². The van der Waals surface area contributed by atoms with Gasteiger partial charge in [0.05, 0.1) is 0 Å². The second-order valence-corrected chi connectivity index (χ2v) is 5.34. The lowest BCUT2D eigenvalue weighted by Crippen LogP contribution is -2.42. The zero-order chi connectivity index (χ0) is 15.2. The van der Waals surface area contributed by atoms with Crippen molar-refractivity contribution < 1.29 is 19.4 Å². The van der Waals surface area contributed by atoms with Crippen LogP contribution in [-0.2, 0) is 16.0 Å². The normalized spacial score (nSPS) is 12.6. The third-order valence-electron chi connectivity index (χ3n) is 2.93. The van der Waals surface area contributed by atoms with Crippen LogP contribution in [0.25, 0.3) is 0 Å². The number of nitrogens with one attached hydrogen (secondary N) is 1. The van der Waals surface area contributed by atoms with Gasteiger partial charge in [-0.25, -0.2) is 4.79 Å². The lowest BCUT2D eigenvalue weighted by atomic mass is 9.99. The smallest absolute Gasteiger partial charge is 0.408 e. The highest BCUT2D eigenvalue weighted by molar-refractivity contribution is 5.79. The van der Waals surface area contributed by atoms with Crippen LogP contribution in [0.4, 0.5) is 4.79 Å². The molecule has 0 heterocycles. The van der Waals surface area contributed by atoms with Crippen LogP contribution in [0.2, 0.25) is 0 Å². The minimum atomic E-state index is -1.09. The van der Waals surface area contributed by atoms with E-state index in [0.29, 0.717) is 6.42 Å². The molecule has 0 aliphatic carbocycles. The van der Waals surface area contributed by atoms with Crippen molar-refractivity contribution in [3.63, 3.8) is 0 Å². The number of ether oxygens (including phenoxy) is 1. The lowest BCUT2D eigenvalue weighted by Gasteiger charge is -2.25. The molecule has 5 nitrogen and oxygen atoms in total. The Bertz CT molecular complexity index is 456. The average molecular weight is 279 g/mol.